The van der Waals surface area contributed by atoms with Crippen LogP contribution < -0.4 is 0 Å². The summed E-state index contributed by atoms with van der Waals surface area (Å²) in [6.45, 7) is 0.934. The minimum atomic E-state index is -0.944. The fourth-order valence-electron chi connectivity index (χ4n) is 2.45. The summed E-state index contributed by atoms with van der Waals surface area (Å²) >= 11 is 3.00. The molecule has 0 radical (unpaired) electrons. The highest BCUT2D eigenvalue weighted by Gasteiger charge is 2.52. The molecule has 128 valence electrons. The van der Waals surface area contributed by atoms with Crippen LogP contribution in [0, 0.1) is 0 Å². The summed E-state index contributed by atoms with van der Waals surface area (Å²) in [5.41, 5.74) is -0.944. The molecule has 0 atom stereocenters. The molecule has 3 heterocycles. The van der Waals surface area contributed by atoms with Gasteiger partial charge in [0, 0.05) is 6.54 Å². The van der Waals surface area contributed by atoms with E-state index in [2.05, 4.69) is 0 Å². The molecule has 2 aromatic heterocycles. The van der Waals surface area contributed by atoms with Crippen LogP contribution in [0.3, 0.4) is 0 Å². The predicted octanol–water partition coefficient (Wildman–Crippen LogP) is 3.20. The van der Waals surface area contributed by atoms with E-state index in [-0.39, 0.29) is 13.2 Å². The van der Waals surface area contributed by atoms with E-state index in [0.717, 1.165) is 14.7 Å². The van der Waals surface area contributed by atoms with Gasteiger partial charge in [-0.05, 0) is 37.0 Å². The topological polar surface area (TPSA) is 59.1 Å². The molecule has 1 saturated heterocycles. The van der Waals surface area contributed by atoms with Gasteiger partial charge in [0.1, 0.15) is 6.61 Å². The van der Waals surface area contributed by atoms with Crippen molar-refractivity contribution in [2.75, 3.05) is 33.8 Å². The summed E-state index contributed by atoms with van der Waals surface area (Å²) in [6.07, 6.45) is -1.34. The predicted molar refractivity (Wildman–Crippen MR) is 92.5 cm³/mol. The molecule has 2 aromatic rings. The number of nitrogens with zero attached hydrogens (tertiary/aromatic N) is 2. The third kappa shape index (κ3) is 3.17. The van der Waals surface area contributed by atoms with Crippen LogP contribution in [0.1, 0.15) is 9.75 Å². The van der Waals surface area contributed by atoms with Gasteiger partial charge in [0.2, 0.25) is 5.60 Å². The number of carbonyl (C=O) groups is 2. The van der Waals surface area contributed by atoms with Crippen LogP contribution in [0.25, 0.3) is 0 Å². The first kappa shape index (κ1) is 16.9. The lowest BCUT2D eigenvalue weighted by Crippen LogP contribution is -2.36. The van der Waals surface area contributed by atoms with Gasteiger partial charge < -0.3 is 14.4 Å². The molecule has 0 N–H and O–H groups in total. The minimum absolute atomic E-state index is 0.119. The van der Waals surface area contributed by atoms with Crippen molar-refractivity contribution in [1.82, 2.24) is 9.80 Å². The molecule has 0 saturated carbocycles. The highest BCUT2D eigenvalue weighted by Crippen LogP contribution is 2.43. The van der Waals surface area contributed by atoms with Gasteiger partial charge in [-0.3, -0.25) is 0 Å². The largest absolute Gasteiger partial charge is 0.448 e. The van der Waals surface area contributed by atoms with Gasteiger partial charge in [0.05, 0.1) is 16.3 Å². The number of likely N-dealkylation sites (N-methyl/N-ethyl adjacent to an activating group) is 1. The standard InChI is InChI=1S/C16H18N2O4S2/c1-17(2)7-8-21-14(19)18-11-16(22-15(18)20,12-5-3-9-23-12)13-6-4-10-24-13/h3-6,9-10H,7-8,11H2,1-2H3. The Hall–Kier alpha value is -1.90. The highest BCUT2D eigenvalue weighted by molar-refractivity contribution is 7.11. The van der Waals surface area contributed by atoms with E-state index in [1.165, 1.54) is 22.7 Å². The smallest absolute Gasteiger partial charge is 0.420 e. The fourth-order valence-corrected chi connectivity index (χ4v) is 4.25. The molecule has 0 aromatic carbocycles. The minimum Gasteiger partial charge on any atom is -0.448 e. The number of imide groups is 1. The second-order valence-electron chi connectivity index (χ2n) is 5.65. The zero-order chi connectivity index (χ0) is 17.2. The van der Waals surface area contributed by atoms with Gasteiger partial charge in [0.15, 0.2) is 0 Å². The van der Waals surface area contributed by atoms with E-state index in [1.807, 2.05) is 54.0 Å². The van der Waals surface area contributed by atoms with Crippen LogP contribution in [0.5, 0.6) is 0 Å². The molecule has 1 aliphatic heterocycles. The van der Waals surface area contributed by atoms with Gasteiger partial charge in [-0.25, -0.2) is 14.5 Å². The van der Waals surface area contributed by atoms with E-state index in [1.54, 1.807) is 0 Å². The lowest BCUT2D eigenvalue weighted by molar-refractivity contribution is 0.0885. The van der Waals surface area contributed by atoms with Crippen molar-refractivity contribution < 1.29 is 19.1 Å². The third-order valence-electron chi connectivity index (χ3n) is 3.69. The number of rotatable bonds is 5. The van der Waals surface area contributed by atoms with Crippen LogP contribution in [0.4, 0.5) is 9.59 Å². The van der Waals surface area contributed by atoms with E-state index in [9.17, 15) is 9.59 Å². The molecule has 0 bridgehead atoms. The van der Waals surface area contributed by atoms with Crippen LogP contribution >= 0.6 is 22.7 Å². The molecule has 8 heteroatoms. The number of thiophene rings is 2. The van der Waals surface area contributed by atoms with Crippen LogP contribution in [0.2, 0.25) is 0 Å². The first-order valence-corrected chi connectivity index (χ1v) is 9.19. The van der Waals surface area contributed by atoms with Crippen molar-refractivity contribution in [2.45, 2.75) is 5.60 Å². The first-order valence-electron chi connectivity index (χ1n) is 7.43. The third-order valence-corrected chi connectivity index (χ3v) is 5.71. The Kier molecular flexibility index (Phi) is 4.88. The Morgan fingerprint density at radius 1 is 1.29 bits per heavy atom. The van der Waals surface area contributed by atoms with Gasteiger partial charge in [0.25, 0.3) is 0 Å². The van der Waals surface area contributed by atoms with Crippen molar-refractivity contribution in [1.29, 1.82) is 0 Å². The monoisotopic (exact) mass is 366 g/mol. The van der Waals surface area contributed by atoms with Crippen LogP contribution in [0.15, 0.2) is 35.0 Å². The number of cyclic esters (lactones) is 1. The van der Waals surface area contributed by atoms with Crippen LogP contribution in [-0.2, 0) is 15.1 Å². The number of hydrogen-bond acceptors (Lipinski definition) is 7. The average molecular weight is 366 g/mol. The van der Waals surface area contributed by atoms with E-state index in [0.29, 0.717) is 6.54 Å². The summed E-state index contributed by atoms with van der Waals surface area (Å²) in [5, 5.41) is 3.85. The molecular formula is C16H18N2O4S2. The van der Waals surface area contributed by atoms with Gasteiger partial charge in [-0.1, -0.05) is 12.1 Å². The van der Waals surface area contributed by atoms with Crippen molar-refractivity contribution in [3.63, 3.8) is 0 Å². The maximum absolute atomic E-state index is 12.3. The number of carbonyl (C=O) groups excluding carboxylic acids is 2. The molecule has 0 aliphatic carbocycles. The Morgan fingerprint density at radius 2 is 1.92 bits per heavy atom. The van der Waals surface area contributed by atoms with Gasteiger partial charge >= 0.3 is 12.2 Å². The van der Waals surface area contributed by atoms with Gasteiger partial charge in [-0.15, -0.1) is 22.7 Å². The second-order valence-corrected chi connectivity index (χ2v) is 7.55. The zero-order valence-electron chi connectivity index (χ0n) is 13.4. The van der Waals surface area contributed by atoms with E-state index < -0.39 is 17.8 Å². The van der Waals surface area contributed by atoms with Crippen molar-refractivity contribution in [3.05, 3.63) is 44.8 Å². The van der Waals surface area contributed by atoms with Crippen molar-refractivity contribution in [2.24, 2.45) is 0 Å². The number of ether oxygens (including phenoxy) is 2. The molecule has 1 aliphatic rings. The maximum Gasteiger partial charge on any atom is 0.420 e. The Bertz CT molecular complexity index is 664. The molecule has 1 fully saturated rings. The summed E-state index contributed by atoms with van der Waals surface area (Å²) in [7, 11) is 3.77. The van der Waals surface area contributed by atoms with Gasteiger partial charge in [-0.2, -0.15) is 0 Å². The molecule has 24 heavy (non-hydrogen) atoms. The molecule has 0 spiro atoms. The summed E-state index contributed by atoms with van der Waals surface area (Å²) in [5.74, 6) is 0. The quantitative estimate of drug-likeness (QED) is 0.813. The van der Waals surface area contributed by atoms with Crippen molar-refractivity contribution >= 4 is 34.9 Å². The molecule has 0 unspecified atom stereocenters. The lowest BCUT2D eigenvalue weighted by Gasteiger charge is -2.24. The fraction of sp³-hybridized carbons (Fsp3) is 0.375. The highest BCUT2D eigenvalue weighted by atomic mass is 32.1. The summed E-state index contributed by atoms with van der Waals surface area (Å²) in [6, 6.07) is 7.64. The molecule has 3 rings (SSSR count). The Labute approximate surface area is 148 Å². The molecule has 2 amide bonds. The van der Waals surface area contributed by atoms with Crippen molar-refractivity contribution in [3.8, 4) is 0 Å². The van der Waals surface area contributed by atoms with E-state index in [4.69, 9.17) is 9.47 Å². The second kappa shape index (κ2) is 6.92. The first-order chi connectivity index (χ1) is 11.5. The zero-order valence-corrected chi connectivity index (χ0v) is 15.1. The normalized spacial score (nSPS) is 16.5. The number of amides is 2. The SMILES string of the molecule is CN(C)CCOC(=O)N1CC(c2cccs2)(c2cccs2)OC1=O. The maximum atomic E-state index is 12.3. The van der Waals surface area contributed by atoms with E-state index >= 15 is 0 Å². The lowest BCUT2D eigenvalue weighted by atomic mass is 10.00. The Morgan fingerprint density at radius 3 is 2.42 bits per heavy atom. The summed E-state index contributed by atoms with van der Waals surface area (Å²) < 4.78 is 10.9. The van der Waals surface area contributed by atoms with Crippen LogP contribution in [-0.4, -0.2) is 55.8 Å². The summed E-state index contributed by atoms with van der Waals surface area (Å²) in [4.78, 5) is 29.3. The average Bonchev–Trinajstić information content (AvgIpc) is 3.28. The Balaban J connectivity index is 1.81. The molecule has 6 nitrogen and oxygen atoms in total. The molecular weight excluding hydrogens is 348 g/mol. The number of hydrogen-bond donors (Lipinski definition) is 0.